The van der Waals surface area contributed by atoms with E-state index >= 15 is 0 Å². The summed E-state index contributed by atoms with van der Waals surface area (Å²) >= 11 is 0. The van der Waals surface area contributed by atoms with Crippen molar-refractivity contribution in [3.8, 4) is 5.75 Å². The maximum absolute atomic E-state index is 12.1. The summed E-state index contributed by atoms with van der Waals surface area (Å²) in [5, 5.41) is 0. The van der Waals surface area contributed by atoms with Crippen LogP contribution in [-0.4, -0.2) is 6.36 Å². The normalized spacial score (nSPS) is 11.5. The van der Waals surface area contributed by atoms with Crippen molar-refractivity contribution in [2.24, 2.45) is 0 Å². The van der Waals surface area contributed by atoms with Crippen molar-refractivity contribution in [3.63, 3.8) is 0 Å². The van der Waals surface area contributed by atoms with E-state index in [0.29, 0.717) is 18.4 Å². The van der Waals surface area contributed by atoms with Crippen LogP contribution >= 0.6 is 0 Å². The Hall–Kier alpha value is -1.19. The van der Waals surface area contributed by atoms with Gasteiger partial charge in [-0.15, -0.1) is 13.2 Å². The smallest absolute Gasteiger partial charge is 0.405 e. The van der Waals surface area contributed by atoms with Crippen LogP contribution in [0.25, 0.3) is 0 Å². The zero-order chi connectivity index (χ0) is 11.5. The van der Waals surface area contributed by atoms with Crippen LogP contribution < -0.4 is 4.74 Å². The van der Waals surface area contributed by atoms with Gasteiger partial charge in [-0.2, -0.15) is 0 Å². The van der Waals surface area contributed by atoms with E-state index in [9.17, 15) is 13.2 Å². The first-order chi connectivity index (χ1) is 6.96. The molecule has 0 heterocycles. The fourth-order valence-corrected chi connectivity index (χ4v) is 1.33. The summed E-state index contributed by atoms with van der Waals surface area (Å²) in [6.07, 6.45) is -3.40. The molecule has 0 saturated carbocycles. The van der Waals surface area contributed by atoms with E-state index in [-0.39, 0.29) is 5.75 Å². The molecule has 1 aromatic rings. The average molecular weight is 218 g/mol. The minimum Gasteiger partial charge on any atom is -0.405 e. The van der Waals surface area contributed by atoms with Gasteiger partial charge >= 0.3 is 6.36 Å². The van der Waals surface area contributed by atoms with Crippen LogP contribution in [0, 0.1) is 0 Å². The Kier molecular flexibility index (Phi) is 3.61. The lowest BCUT2D eigenvalue weighted by Crippen LogP contribution is -2.18. The molecule has 0 aliphatic carbocycles. The summed E-state index contributed by atoms with van der Waals surface area (Å²) in [5.74, 6) is -0.0793. The minimum atomic E-state index is -4.61. The minimum absolute atomic E-state index is 0.0793. The van der Waals surface area contributed by atoms with Crippen LogP contribution in [0.4, 0.5) is 13.2 Å². The molecule has 0 N–H and O–H groups in total. The Morgan fingerprint density at radius 3 is 2.27 bits per heavy atom. The summed E-state index contributed by atoms with van der Waals surface area (Å²) in [4.78, 5) is 0. The highest BCUT2D eigenvalue weighted by Crippen LogP contribution is 2.28. The molecule has 0 aliphatic rings. The molecular weight excluding hydrogens is 205 g/mol. The van der Waals surface area contributed by atoms with E-state index in [4.69, 9.17) is 0 Å². The van der Waals surface area contributed by atoms with Crippen LogP contribution in [-0.2, 0) is 12.8 Å². The van der Waals surface area contributed by atoms with Crippen molar-refractivity contribution in [2.45, 2.75) is 33.1 Å². The van der Waals surface area contributed by atoms with E-state index in [0.717, 1.165) is 5.56 Å². The Labute approximate surface area is 86.9 Å². The third-order valence-electron chi connectivity index (χ3n) is 2.15. The van der Waals surface area contributed by atoms with Gasteiger partial charge in [0.15, 0.2) is 0 Å². The molecule has 4 heteroatoms. The molecule has 0 amide bonds. The highest BCUT2D eigenvalue weighted by atomic mass is 19.4. The fourth-order valence-electron chi connectivity index (χ4n) is 1.33. The Morgan fingerprint density at radius 1 is 1.13 bits per heavy atom. The van der Waals surface area contributed by atoms with Crippen molar-refractivity contribution in [1.29, 1.82) is 0 Å². The van der Waals surface area contributed by atoms with E-state index in [2.05, 4.69) is 4.74 Å². The second-order valence-corrected chi connectivity index (χ2v) is 3.20. The third-order valence-corrected chi connectivity index (χ3v) is 2.15. The summed E-state index contributed by atoms with van der Waals surface area (Å²) in [6, 6.07) is 4.95. The molecule has 0 saturated heterocycles. The van der Waals surface area contributed by atoms with E-state index in [1.165, 1.54) is 6.07 Å². The van der Waals surface area contributed by atoms with Crippen LogP contribution in [0.3, 0.4) is 0 Å². The Bertz CT molecular complexity index is 331. The molecule has 0 radical (unpaired) electrons. The van der Waals surface area contributed by atoms with Gasteiger partial charge in [0.1, 0.15) is 5.75 Å². The standard InChI is InChI=1S/C11H13F3O/c1-3-8-5-6-9(4-2)10(7-8)15-11(12,13)14/h5-7H,3-4H2,1-2H3. The van der Waals surface area contributed by atoms with Crippen molar-refractivity contribution in [1.82, 2.24) is 0 Å². The highest BCUT2D eigenvalue weighted by molar-refractivity contribution is 5.37. The van der Waals surface area contributed by atoms with Gasteiger partial charge in [0.25, 0.3) is 0 Å². The van der Waals surface area contributed by atoms with Gasteiger partial charge in [0, 0.05) is 0 Å². The van der Waals surface area contributed by atoms with Gasteiger partial charge in [0.2, 0.25) is 0 Å². The molecule has 15 heavy (non-hydrogen) atoms. The third kappa shape index (κ3) is 3.46. The lowest BCUT2D eigenvalue weighted by Gasteiger charge is -2.13. The number of benzene rings is 1. The Balaban J connectivity index is 3.01. The molecule has 0 spiro atoms. The average Bonchev–Trinajstić information content (AvgIpc) is 2.15. The maximum Gasteiger partial charge on any atom is 0.573 e. The summed E-state index contributed by atoms with van der Waals surface area (Å²) in [6.45, 7) is 3.68. The van der Waals surface area contributed by atoms with Gasteiger partial charge in [-0.25, -0.2) is 0 Å². The highest BCUT2D eigenvalue weighted by Gasteiger charge is 2.31. The van der Waals surface area contributed by atoms with Crippen molar-refractivity contribution >= 4 is 0 Å². The van der Waals surface area contributed by atoms with Crippen molar-refractivity contribution < 1.29 is 17.9 Å². The van der Waals surface area contributed by atoms with Crippen LogP contribution in [0.15, 0.2) is 18.2 Å². The second kappa shape index (κ2) is 4.55. The van der Waals surface area contributed by atoms with Crippen LogP contribution in [0.5, 0.6) is 5.75 Å². The first-order valence-electron chi connectivity index (χ1n) is 4.83. The van der Waals surface area contributed by atoms with E-state index < -0.39 is 6.36 Å². The van der Waals surface area contributed by atoms with Gasteiger partial charge in [-0.05, 0) is 30.0 Å². The number of halogens is 3. The fraction of sp³-hybridized carbons (Fsp3) is 0.455. The molecular formula is C11H13F3O. The Morgan fingerprint density at radius 2 is 1.80 bits per heavy atom. The molecule has 0 fully saturated rings. The lowest BCUT2D eigenvalue weighted by atomic mass is 10.1. The van der Waals surface area contributed by atoms with Crippen LogP contribution in [0.2, 0.25) is 0 Å². The molecule has 0 atom stereocenters. The zero-order valence-electron chi connectivity index (χ0n) is 8.69. The van der Waals surface area contributed by atoms with Crippen LogP contribution in [0.1, 0.15) is 25.0 Å². The number of ether oxygens (including phenoxy) is 1. The molecule has 0 aromatic heterocycles. The number of hydrogen-bond donors (Lipinski definition) is 0. The number of rotatable bonds is 3. The summed E-state index contributed by atoms with van der Waals surface area (Å²) in [5.41, 5.74) is 1.41. The first-order valence-corrected chi connectivity index (χ1v) is 4.83. The maximum atomic E-state index is 12.1. The predicted octanol–water partition coefficient (Wildman–Crippen LogP) is 3.71. The van der Waals surface area contributed by atoms with Crippen molar-refractivity contribution in [3.05, 3.63) is 29.3 Å². The topological polar surface area (TPSA) is 9.23 Å². The molecule has 1 rings (SSSR count). The number of alkyl halides is 3. The second-order valence-electron chi connectivity index (χ2n) is 3.20. The number of aryl methyl sites for hydroxylation is 2. The SMILES string of the molecule is CCc1ccc(CC)c(OC(F)(F)F)c1. The van der Waals surface area contributed by atoms with Gasteiger partial charge in [0.05, 0.1) is 0 Å². The molecule has 1 aromatic carbocycles. The quantitative estimate of drug-likeness (QED) is 0.751. The molecule has 1 nitrogen and oxygen atoms in total. The van der Waals surface area contributed by atoms with E-state index in [1.54, 1.807) is 13.0 Å². The zero-order valence-corrected chi connectivity index (χ0v) is 8.69. The summed E-state index contributed by atoms with van der Waals surface area (Å²) in [7, 11) is 0. The largest absolute Gasteiger partial charge is 0.573 e. The summed E-state index contributed by atoms with van der Waals surface area (Å²) < 4.78 is 40.2. The van der Waals surface area contributed by atoms with Gasteiger partial charge in [-0.3, -0.25) is 0 Å². The first kappa shape index (κ1) is 11.9. The predicted molar refractivity (Wildman–Crippen MR) is 51.9 cm³/mol. The lowest BCUT2D eigenvalue weighted by molar-refractivity contribution is -0.274. The van der Waals surface area contributed by atoms with Gasteiger partial charge < -0.3 is 4.74 Å². The monoisotopic (exact) mass is 218 g/mol. The molecule has 84 valence electrons. The molecule has 0 aliphatic heterocycles. The number of hydrogen-bond acceptors (Lipinski definition) is 1. The molecule has 0 unspecified atom stereocenters. The van der Waals surface area contributed by atoms with Crippen molar-refractivity contribution in [2.75, 3.05) is 0 Å². The van der Waals surface area contributed by atoms with Gasteiger partial charge in [-0.1, -0.05) is 26.0 Å². The molecule has 0 bridgehead atoms. The van der Waals surface area contributed by atoms with E-state index in [1.807, 2.05) is 13.0 Å².